The predicted molar refractivity (Wildman–Crippen MR) is 115 cm³/mol. The average molecular weight is 401 g/mol. The number of rotatable bonds is 5. The highest BCUT2D eigenvalue weighted by Gasteiger charge is 2.38. The third kappa shape index (κ3) is 3.54. The summed E-state index contributed by atoms with van der Waals surface area (Å²) in [5, 5.41) is 4.80. The molecule has 3 aromatic rings. The van der Waals surface area contributed by atoms with Gasteiger partial charge in [-0.05, 0) is 29.3 Å². The number of esters is 1. The Kier molecular flexibility index (Phi) is 5.53. The van der Waals surface area contributed by atoms with Gasteiger partial charge in [-0.25, -0.2) is 4.79 Å². The number of benzene rings is 3. The molecule has 1 unspecified atom stereocenters. The maximum atomic E-state index is 13.1. The van der Waals surface area contributed by atoms with Crippen molar-refractivity contribution in [2.45, 2.75) is 26.2 Å². The average Bonchev–Trinajstić information content (AvgIpc) is 2.78. The van der Waals surface area contributed by atoms with Gasteiger partial charge in [0.15, 0.2) is 0 Å². The molecule has 1 aliphatic rings. The molecule has 0 fully saturated rings. The minimum Gasteiger partial charge on any atom is -0.462 e. The van der Waals surface area contributed by atoms with Crippen molar-refractivity contribution in [1.29, 1.82) is 0 Å². The summed E-state index contributed by atoms with van der Waals surface area (Å²) >= 11 is 0. The molecule has 152 valence electrons. The molecule has 0 aromatic heterocycles. The van der Waals surface area contributed by atoms with E-state index in [0.29, 0.717) is 11.3 Å². The first-order valence-corrected chi connectivity index (χ1v) is 10.1. The first-order valence-electron chi connectivity index (χ1n) is 10.1. The van der Waals surface area contributed by atoms with E-state index in [2.05, 4.69) is 5.32 Å². The van der Waals surface area contributed by atoms with Crippen molar-refractivity contribution in [2.75, 3.05) is 6.61 Å². The fourth-order valence-electron chi connectivity index (χ4n) is 3.81. The van der Waals surface area contributed by atoms with Crippen molar-refractivity contribution in [3.05, 3.63) is 89.3 Å². The zero-order chi connectivity index (χ0) is 21.1. The molecule has 1 aliphatic heterocycles. The van der Waals surface area contributed by atoms with Crippen LogP contribution < -0.4 is 10.1 Å². The lowest BCUT2D eigenvalue weighted by Crippen LogP contribution is -2.33. The van der Waals surface area contributed by atoms with Crippen molar-refractivity contribution in [2.24, 2.45) is 0 Å². The van der Waals surface area contributed by atoms with Crippen LogP contribution in [0.2, 0.25) is 0 Å². The van der Waals surface area contributed by atoms with Crippen LogP contribution in [0.5, 0.6) is 5.75 Å². The summed E-state index contributed by atoms with van der Waals surface area (Å²) < 4.78 is 11.5. The van der Waals surface area contributed by atoms with Gasteiger partial charge in [-0.1, -0.05) is 67.6 Å². The van der Waals surface area contributed by atoms with E-state index in [9.17, 15) is 9.59 Å². The molecule has 0 saturated carbocycles. The molecule has 5 nitrogen and oxygen atoms in total. The van der Waals surface area contributed by atoms with Gasteiger partial charge in [-0.2, -0.15) is 0 Å². The minimum atomic E-state index is -0.503. The first-order chi connectivity index (χ1) is 14.6. The zero-order valence-corrected chi connectivity index (χ0v) is 17.0. The van der Waals surface area contributed by atoms with Gasteiger partial charge < -0.3 is 9.47 Å². The predicted octanol–water partition coefficient (Wildman–Crippen LogP) is 4.67. The normalized spacial score (nSPS) is 15.3. The third-order valence-corrected chi connectivity index (χ3v) is 5.17. The molecule has 3 aromatic carbocycles. The summed E-state index contributed by atoms with van der Waals surface area (Å²) in [6, 6.07) is 21.6. The van der Waals surface area contributed by atoms with Gasteiger partial charge in [0.05, 0.1) is 12.5 Å². The number of fused-ring (bicyclic) bond motifs is 3. The Balaban J connectivity index is 2.01. The van der Waals surface area contributed by atoms with Gasteiger partial charge in [-0.15, -0.1) is 0 Å². The van der Waals surface area contributed by atoms with Crippen LogP contribution in [0.1, 0.15) is 37.3 Å². The number of hydrogen-bond donors (Lipinski definition) is 1. The minimum absolute atomic E-state index is 0.136. The van der Waals surface area contributed by atoms with Crippen molar-refractivity contribution in [3.63, 3.8) is 0 Å². The van der Waals surface area contributed by atoms with Crippen molar-refractivity contribution < 1.29 is 19.1 Å². The maximum absolute atomic E-state index is 13.1. The Morgan fingerprint density at radius 3 is 2.43 bits per heavy atom. The van der Waals surface area contributed by atoms with Crippen LogP contribution in [0.15, 0.2) is 78.2 Å². The summed E-state index contributed by atoms with van der Waals surface area (Å²) in [7, 11) is 0. The van der Waals surface area contributed by atoms with Crippen molar-refractivity contribution in [1.82, 2.24) is 5.32 Å². The fourth-order valence-corrected chi connectivity index (χ4v) is 3.81. The van der Waals surface area contributed by atoms with E-state index < -0.39 is 11.9 Å². The van der Waals surface area contributed by atoms with Crippen LogP contribution in [-0.2, 0) is 14.3 Å². The summed E-state index contributed by atoms with van der Waals surface area (Å²) in [4.78, 5) is 25.3. The fraction of sp³-hybridized carbons (Fsp3) is 0.200. The summed E-state index contributed by atoms with van der Waals surface area (Å²) in [5.74, 6) is -0.426. The highest BCUT2D eigenvalue weighted by molar-refractivity contribution is 5.97. The van der Waals surface area contributed by atoms with Crippen LogP contribution >= 0.6 is 0 Å². The highest BCUT2D eigenvalue weighted by atomic mass is 16.5. The smallest absolute Gasteiger partial charge is 0.340 e. The monoisotopic (exact) mass is 401 g/mol. The number of carbonyl (C=O) groups is 2. The van der Waals surface area contributed by atoms with Gasteiger partial charge in [0.2, 0.25) is 11.8 Å². The SMILES string of the molecule is CCOC(=O)C1=C(NC(=O)CC)Oc2ccc3ccccc3c2C1c1ccccc1. The van der Waals surface area contributed by atoms with Gasteiger partial charge in [0, 0.05) is 12.0 Å². The molecular weight excluding hydrogens is 378 g/mol. The number of carbonyl (C=O) groups excluding carboxylic acids is 2. The van der Waals surface area contributed by atoms with E-state index in [1.54, 1.807) is 13.8 Å². The summed E-state index contributed by atoms with van der Waals surface area (Å²) in [6.07, 6.45) is 0.267. The van der Waals surface area contributed by atoms with Gasteiger partial charge >= 0.3 is 5.97 Å². The second-order valence-electron chi connectivity index (χ2n) is 7.01. The molecule has 0 radical (unpaired) electrons. The van der Waals surface area contributed by atoms with Crippen molar-refractivity contribution >= 4 is 22.6 Å². The molecule has 0 spiro atoms. The molecule has 0 bridgehead atoms. The van der Waals surface area contributed by atoms with Crippen LogP contribution in [0, 0.1) is 0 Å². The van der Waals surface area contributed by atoms with Gasteiger partial charge in [0.25, 0.3) is 0 Å². The lowest BCUT2D eigenvalue weighted by Gasteiger charge is -2.31. The quantitative estimate of drug-likeness (QED) is 0.632. The number of hydrogen-bond acceptors (Lipinski definition) is 4. The molecule has 30 heavy (non-hydrogen) atoms. The lowest BCUT2D eigenvalue weighted by molar-refractivity contribution is -0.139. The Labute approximate surface area is 175 Å². The Bertz CT molecular complexity index is 1130. The lowest BCUT2D eigenvalue weighted by atomic mass is 9.80. The van der Waals surface area contributed by atoms with E-state index in [0.717, 1.165) is 21.9 Å². The number of amides is 1. The standard InChI is InChI=1S/C25H23NO4/c1-3-20(27)26-24-23(25(28)29-4-2)21(17-11-6-5-7-12-17)22-18-13-9-8-10-16(18)14-15-19(22)30-24/h5-15,21H,3-4H2,1-2H3,(H,26,27). The second kappa shape index (κ2) is 8.41. The molecule has 4 rings (SSSR count). The Morgan fingerprint density at radius 2 is 1.70 bits per heavy atom. The van der Waals surface area contributed by atoms with E-state index in [-0.39, 0.29) is 24.8 Å². The largest absolute Gasteiger partial charge is 0.462 e. The third-order valence-electron chi connectivity index (χ3n) is 5.17. The molecule has 5 heteroatoms. The van der Waals surface area contributed by atoms with Crippen LogP contribution in [0.3, 0.4) is 0 Å². The first kappa shape index (κ1) is 19.7. The van der Waals surface area contributed by atoms with E-state index in [1.807, 2.05) is 66.7 Å². The molecule has 1 atom stereocenters. The molecule has 0 aliphatic carbocycles. The topological polar surface area (TPSA) is 64.6 Å². The molecule has 0 saturated heterocycles. The molecule has 1 heterocycles. The van der Waals surface area contributed by atoms with Crippen LogP contribution in [0.25, 0.3) is 10.8 Å². The molecule has 1 amide bonds. The number of nitrogens with one attached hydrogen (secondary N) is 1. The Hall–Kier alpha value is -3.60. The van der Waals surface area contributed by atoms with Crippen LogP contribution in [-0.4, -0.2) is 18.5 Å². The summed E-state index contributed by atoms with van der Waals surface area (Å²) in [5.41, 5.74) is 2.11. The van der Waals surface area contributed by atoms with Gasteiger partial charge in [0.1, 0.15) is 11.3 Å². The van der Waals surface area contributed by atoms with Gasteiger partial charge in [-0.3, -0.25) is 10.1 Å². The number of ether oxygens (including phenoxy) is 2. The zero-order valence-electron chi connectivity index (χ0n) is 17.0. The van der Waals surface area contributed by atoms with E-state index in [1.165, 1.54) is 0 Å². The molecular formula is C25H23NO4. The van der Waals surface area contributed by atoms with Crippen LogP contribution in [0.4, 0.5) is 0 Å². The maximum Gasteiger partial charge on any atom is 0.340 e. The highest BCUT2D eigenvalue weighted by Crippen LogP contribution is 2.46. The second-order valence-corrected chi connectivity index (χ2v) is 7.01. The van der Waals surface area contributed by atoms with E-state index >= 15 is 0 Å². The molecule has 1 N–H and O–H groups in total. The van der Waals surface area contributed by atoms with Crippen molar-refractivity contribution in [3.8, 4) is 5.75 Å². The Morgan fingerprint density at radius 1 is 0.967 bits per heavy atom. The van der Waals surface area contributed by atoms with E-state index in [4.69, 9.17) is 9.47 Å². The summed E-state index contributed by atoms with van der Waals surface area (Å²) in [6.45, 7) is 3.73.